The summed E-state index contributed by atoms with van der Waals surface area (Å²) in [6.45, 7) is 3.59. The van der Waals surface area contributed by atoms with Gasteiger partial charge in [0.25, 0.3) is 0 Å². The van der Waals surface area contributed by atoms with Crippen LogP contribution in [0.25, 0.3) is 0 Å². The summed E-state index contributed by atoms with van der Waals surface area (Å²) in [6, 6.07) is 2.64. The van der Waals surface area contributed by atoms with Crippen molar-refractivity contribution in [3.05, 3.63) is 22.2 Å². The van der Waals surface area contributed by atoms with E-state index in [1.165, 1.54) is 19.2 Å². The van der Waals surface area contributed by atoms with Crippen molar-refractivity contribution in [2.75, 3.05) is 19.0 Å². The molecule has 1 heterocycles. The van der Waals surface area contributed by atoms with Crippen molar-refractivity contribution < 1.29 is 19.6 Å². The van der Waals surface area contributed by atoms with E-state index in [0.717, 1.165) is 0 Å². The van der Waals surface area contributed by atoms with E-state index >= 15 is 0 Å². The molecule has 0 aliphatic rings. The zero-order chi connectivity index (χ0) is 15.3. The third kappa shape index (κ3) is 3.81. The average Bonchev–Trinajstić information content (AvgIpc) is 2.37. The van der Waals surface area contributed by atoms with E-state index < -0.39 is 16.8 Å². The fraction of sp³-hybridized carbons (Fsp3) is 0.500. The van der Waals surface area contributed by atoms with Gasteiger partial charge in [-0.25, -0.2) is 0 Å². The minimum atomic E-state index is -0.960. The van der Waals surface area contributed by atoms with Crippen LogP contribution in [0.1, 0.15) is 13.8 Å². The van der Waals surface area contributed by atoms with Crippen LogP contribution in [0.4, 0.5) is 11.5 Å². The molecule has 2 N–H and O–H groups in total. The van der Waals surface area contributed by atoms with Gasteiger partial charge in [0, 0.05) is 18.7 Å². The minimum Gasteiger partial charge on any atom is -0.481 e. The van der Waals surface area contributed by atoms with Crippen molar-refractivity contribution in [1.29, 1.82) is 0 Å². The summed E-state index contributed by atoms with van der Waals surface area (Å²) < 4.78 is 4.90. The highest BCUT2D eigenvalue weighted by Gasteiger charge is 2.23. The van der Waals surface area contributed by atoms with Crippen LogP contribution in [0, 0.1) is 22.0 Å². The molecular weight excluding hydrogens is 266 g/mol. The number of rotatable bonds is 7. The highest BCUT2D eigenvalue weighted by molar-refractivity contribution is 5.71. The Morgan fingerprint density at radius 2 is 2.20 bits per heavy atom. The van der Waals surface area contributed by atoms with Crippen LogP contribution in [0.15, 0.2) is 12.1 Å². The smallest absolute Gasteiger partial charge is 0.311 e. The average molecular weight is 283 g/mol. The van der Waals surface area contributed by atoms with Crippen molar-refractivity contribution in [2.24, 2.45) is 11.8 Å². The lowest BCUT2D eigenvalue weighted by molar-refractivity contribution is -0.384. The fourth-order valence-corrected chi connectivity index (χ4v) is 1.64. The molecule has 1 aromatic heterocycles. The van der Waals surface area contributed by atoms with Gasteiger partial charge in [-0.3, -0.25) is 14.9 Å². The van der Waals surface area contributed by atoms with Gasteiger partial charge in [-0.15, -0.1) is 0 Å². The van der Waals surface area contributed by atoms with Crippen molar-refractivity contribution in [1.82, 2.24) is 4.98 Å². The standard InChI is InChI=1S/C12H17N3O5/c1-7(2)8(12(16)17)6-13-11-9(15(18)19)4-5-10(14-11)20-3/h4-5,7-8H,6H2,1-3H3,(H,13,14)(H,16,17). The summed E-state index contributed by atoms with van der Waals surface area (Å²) in [6.07, 6.45) is 0. The van der Waals surface area contributed by atoms with E-state index in [9.17, 15) is 14.9 Å². The molecule has 0 spiro atoms. The van der Waals surface area contributed by atoms with Gasteiger partial charge in [-0.1, -0.05) is 13.8 Å². The number of carboxylic acids is 1. The molecule has 0 aliphatic carbocycles. The Morgan fingerprint density at radius 1 is 1.55 bits per heavy atom. The third-order valence-corrected chi connectivity index (χ3v) is 2.87. The largest absolute Gasteiger partial charge is 0.481 e. The van der Waals surface area contributed by atoms with Crippen LogP contribution in [-0.2, 0) is 4.79 Å². The van der Waals surface area contributed by atoms with Crippen molar-refractivity contribution >= 4 is 17.5 Å². The number of carbonyl (C=O) groups is 1. The summed E-state index contributed by atoms with van der Waals surface area (Å²) in [7, 11) is 1.39. The van der Waals surface area contributed by atoms with Crippen LogP contribution in [-0.4, -0.2) is 34.6 Å². The molecular formula is C12H17N3O5. The number of hydrogen-bond donors (Lipinski definition) is 2. The number of nitro groups is 1. The Bertz CT molecular complexity index is 504. The Morgan fingerprint density at radius 3 is 2.65 bits per heavy atom. The number of methoxy groups -OCH3 is 1. The number of nitrogens with zero attached hydrogens (tertiary/aromatic N) is 2. The van der Waals surface area contributed by atoms with Crippen molar-refractivity contribution in [2.45, 2.75) is 13.8 Å². The molecule has 0 bridgehead atoms. The summed E-state index contributed by atoms with van der Waals surface area (Å²) >= 11 is 0. The number of aromatic nitrogens is 1. The zero-order valence-electron chi connectivity index (χ0n) is 11.5. The van der Waals surface area contributed by atoms with Crippen LogP contribution in [0.5, 0.6) is 5.88 Å². The molecule has 0 saturated heterocycles. The van der Waals surface area contributed by atoms with Crippen LogP contribution < -0.4 is 10.1 Å². The van der Waals surface area contributed by atoms with Gasteiger partial charge in [0.15, 0.2) is 0 Å². The Kier molecular flexibility index (Phi) is 5.24. The molecule has 0 aliphatic heterocycles. The van der Waals surface area contributed by atoms with Gasteiger partial charge in [0.2, 0.25) is 11.7 Å². The molecule has 8 heteroatoms. The number of nitrogens with one attached hydrogen (secondary N) is 1. The zero-order valence-corrected chi connectivity index (χ0v) is 11.5. The topological polar surface area (TPSA) is 115 Å². The summed E-state index contributed by atoms with van der Waals surface area (Å²) in [5.74, 6) is -1.51. The maximum atomic E-state index is 11.1. The predicted molar refractivity (Wildman–Crippen MR) is 71.9 cm³/mol. The first-order chi connectivity index (χ1) is 9.36. The van der Waals surface area contributed by atoms with Crippen LogP contribution in [0.2, 0.25) is 0 Å². The van der Waals surface area contributed by atoms with E-state index in [0.29, 0.717) is 0 Å². The first-order valence-corrected chi connectivity index (χ1v) is 6.03. The maximum absolute atomic E-state index is 11.1. The molecule has 0 aromatic carbocycles. The van der Waals surface area contributed by atoms with Crippen LogP contribution >= 0.6 is 0 Å². The fourth-order valence-electron chi connectivity index (χ4n) is 1.64. The highest BCUT2D eigenvalue weighted by atomic mass is 16.6. The van der Waals surface area contributed by atoms with Gasteiger partial charge in [0.1, 0.15) is 0 Å². The van der Waals surface area contributed by atoms with Crippen LogP contribution in [0.3, 0.4) is 0 Å². The normalized spacial score (nSPS) is 12.0. The Labute approximate surface area is 115 Å². The number of aliphatic carboxylic acids is 1. The molecule has 1 atom stereocenters. The van der Waals surface area contributed by atoms with E-state index in [4.69, 9.17) is 9.84 Å². The Hall–Kier alpha value is -2.38. The number of ether oxygens (including phenoxy) is 1. The van der Waals surface area contributed by atoms with Gasteiger partial charge in [-0.2, -0.15) is 4.98 Å². The van der Waals surface area contributed by atoms with E-state index in [1.54, 1.807) is 13.8 Å². The molecule has 20 heavy (non-hydrogen) atoms. The lowest BCUT2D eigenvalue weighted by Gasteiger charge is -2.17. The minimum absolute atomic E-state index is 0.00116. The van der Waals surface area contributed by atoms with E-state index in [1.807, 2.05) is 0 Å². The maximum Gasteiger partial charge on any atom is 0.311 e. The number of hydrogen-bond acceptors (Lipinski definition) is 6. The van der Waals surface area contributed by atoms with Gasteiger partial charge < -0.3 is 15.2 Å². The molecule has 1 rings (SSSR count). The lowest BCUT2D eigenvalue weighted by atomic mass is 9.96. The number of anilines is 1. The van der Waals surface area contributed by atoms with Crippen molar-refractivity contribution in [3.63, 3.8) is 0 Å². The SMILES string of the molecule is COc1ccc([N+](=O)[O-])c(NCC(C(=O)O)C(C)C)n1. The van der Waals surface area contributed by atoms with E-state index in [2.05, 4.69) is 10.3 Å². The molecule has 0 fully saturated rings. The van der Waals surface area contributed by atoms with Gasteiger partial charge in [-0.05, 0) is 5.92 Å². The second-order valence-corrected chi connectivity index (χ2v) is 4.55. The number of carboxylic acid groups (broad SMARTS) is 1. The van der Waals surface area contributed by atoms with E-state index in [-0.39, 0.29) is 29.8 Å². The summed E-state index contributed by atoms with van der Waals surface area (Å²) in [5.41, 5.74) is -0.223. The molecule has 8 nitrogen and oxygen atoms in total. The first-order valence-electron chi connectivity index (χ1n) is 6.03. The second-order valence-electron chi connectivity index (χ2n) is 4.55. The lowest BCUT2D eigenvalue weighted by Crippen LogP contribution is -2.28. The molecule has 1 aromatic rings. The molecule has 0 amide bonds. The summed E-state index contributed by atoms with van der Waals surface area (Å²) in [5, 5.41) is 22.7. The van der Waals surface area contributed by atoms with Gasteiger partial charge in [0.05, 0.1) is 18.0 Å². The quantitative estimate of drug-likeness (QED) is 0.578. The van der Waals surface area contributed by atoms with Gasteiger partial charge >= 0.3 is 11.7 Å². The summed E-state index contributed by atoms with van der Waals surface area (Å²) in [4.78, 5) is 25.3. The Balaban J connectivity index is 2.95. The highest BCUT2D eigenvalue weighted by Crippen LogP contribution is 2.25. The first kappa shape index (κ1) is 15.7. The number of pyridine rings is 1. The molecule has 0 radical (unpaired) electrons. The second kappa shape index (κ2) is 6.69. The van der Waals surface area contributed by atoms with Crippen molar-refractivity contribution in [3.8, 4) is 5.88 Å². The molecule has 1 unspecified atom stereocenters. The third-order valence-electron chi connectivity index (χ3n) is 2.87. The molecule has 110 valence electrons. The monoisotopic (exact) mass is 283 g/mol. The molecule has 0 saturated carbocycles. The predicted octanol–water partition coefficient (Wildman–Crippen LogP) is 1.77.